The van der Waals surface area contributed by atoms with Crippen LogP contribution in [0.15, 0.2) is 18.2 Å². The number of rotatable bonds is 5. The van der Waals surface area contributed by atoms with Crippen LogP contribution in [0.3, 0.4) is 0 Å². The largest absolute Gasteiger partial charge is 0.376 e. The number of amides is 2. The van der Waals surface area contributed by atoms with Crippen LogP contribution in [0.1, 0.15) is 31.2 Å². The fourth-order valence-electron chi connectivity index (χ4n) is 3.07. The Morgan fingerprint density at radius 1 is 1.35 bits per heavy atom. The van der Waals surface area contributed by atoms with E-state index >= 15 is 0 Å². The van der Waals surface area contributed by atoms with Crippen LogP contribution < -0.4 is 10.6 Å². The zero-order valence-corrected chi connectivity index (χ0v) is 12.5. The number of hydrogen-bond acceptors (Lipinski definition) is 3. The summed E-state index contributed by atoms with van der Waals surface area (Å²) >= 11 is 0. The lowest BCUT2D eigenvalue weighted by atomic mass is 9.86. The van der Waals surface area contributed by atoms with Gasteiger partial charge in [-0.2, -0.15) is 0 Å². The zero-order valence-electron chi connectivity index (χ0n) is 12.5. The molecule has 7 heteroatoms. The van der Waals surface area contributed by atoms with Crippen LogP contribution in [0.4, 0.5) is 8.78 Å². The van der Waals surface area contributed by atoms with Crippen molar-refractivity contribution in [2.45, 2.75) is 37.3 Å². The van der Waals surface area contributed by atoms with E-state index in [0.29, 0.717) is 19.3 Å². The summed E-state index contributed by atoms with van der Waals surface area (Å²) in [5.41, 5.74) is -1.31. The van der Waals surface area contributed by atoms with Crippen LogP contribution in [-0.4, -0.2) is 31.1 Å². The molecule has 1 unspecified atom stereocenters. The van der Waals surface area contributed by atoms with E-state index < -0.39 is 17.2 Å². The Balaban J connectivity index is 1.65. The lowest BCUT2D eigenvalue weighted by molar-refractivity contribution is -0.134. The predicted octanol–water partition coefficient (Wildman–Crippen LogP) is 1.37. The SMILES string of the molecule is O=C1CCC(CCC(=O)NC2(c3c(F)cccc3F)COC2)N1. The van der Waals surface area contributed by atoms with Crippen molar-refractivity contribution < 1.29 is 23.1 Å². The molecule has 0 aliphatic carbocycles. The molecular weight excluding hydrogens is 306 g/mol. The quantitative estimate of drug-likeness (QED) is 0.859. The first-order valence-electron chi connectivity index (χ1n) is 7.63. The average molecular weight is 324 g/mol. The van der Waals surface area contributed by atoms with E-state index in [9.17, 15) is 18.4 Å². The maximum Gasteiger partial charge on any atom is 0.220 e. The third-order valence-electron chi connectivity index (χ3n) is 4.32. The van der Waals surface area contributed by atoms with Gasteiger partial charge in [0.15, 0.2) is 0 Å². The first-order valence-corrected chi connectivity index (χ1v) is 7.63. The van der Waals surface area contributed by atoms with Gasteiger partial charge < -0.3 is 15.4 Å². The molecule has 2 saturated heterocycles. The zero-order chi connectivity index (χ0) is 16.4. The van der Waals surface area contributed by atoms with Gasteiger partial charge in [-0.1, -0.05) is 6.07 Å². The molecule has 5 nitrogen and oxygen atoms in total. The van der Waals surface area contributed by atoms with Crippen LogP contribution in [0.25, 0.3) is 0 Å². The smallest absolute Gasteiger partial charge is 0.220 e. The maximum absolute atomic E-state index is 14.0. The van der Waals surface area contributed by atoms with Crippen LogP contribution in [0.2, 0.25) is 0 Å². The molecule has 3 rings (SSSR count). The lowest BCUT2D eigenvalue weighted by Gasteiger charge is -2.42. The van der Waals surface area contributed by atoms with E-state index in [1.807, 2.05) is 0 Å². The molecule has 2 amide bonds. The molecule has 0 spiro atoms. The minimum Gasteiger partial charge on any atom is -0.376 e. The molecular formula is C16H18F2N2O3. The third kappa shape index (κ3) is 3.19. The molecule has 0 aromatic heterocycles. The highest BCUT2D eigenvalue weighted by molar-refractivity contribution is 5.79. The highest BCUT2D eigenvalue weighted by Gasteiger charge is 2.45. The van der Waals surface area contributed by atoms with Crippen molar-refractivity contribution in [1.29, 1.82) is 0 Å². The highest BCUT2D eigenvalue weighted by atomic mass is 19.1. The molecule has 1 aromatic carbocycles. The minimum absolute atomic E-state index is 0.00676. The second-order valence-electron chi connectivity index (χ2n) is 6.06. The van der Waals surface area contributed by atoms with Crippen molar-refractivity contribution in [3.63, 3.8) is 0 Å². The summed E-state index contributed by atoms with van der Waals surface area (Å²) in [6, 6.07) is 3.61. The number of halogens is 2. The molecule has 2 aliphatic rings. The molecule has 1 atom stereocenters. The van der Waals surface area contributed by atoms with Crippen molar-refractivity contribution >= 4 is 11.8 Å². The Kier molecular flexibility index (Phi) is 4.30. The monoisotopic (exact) mass is 324 g/mol. The van der Waals surface area contributed by atoms with Gasteiger partial charge in [0, 0.05) is 18.9 Å². The first-order chi connectivity index (χ1) is 11.0. The molecule has 23 heavy (non-hydrogen) atoms. The van der Waals surface area contributed by atoms with Crippen molar-refractivity contribution in [1.82, 2.24) is 10.6 Å². The summed E-state index contributed by atoms with van der Waals surface area (Å²) < 4.78 is 33.1. The third-order valence-corrected chi connectivity index (χ3v) is 4.32. The Bertz CT molecular complexity index is 612. The number of carbonyl (C=O) groups excluding carboxylic acids is 2. The van der Waals surface area contributed by atoms with Crippen molar-refractivity contribution in [3.8, 4) is 0 Å². The second-order valence-corrected chi connectivity index (χ2v) is 6.06. The molecule has 0 saturated carbocycles. The summed E-state index contributed by atoms with van der Waals surface area (Å²) in [4.78, 5) is 23.3. The van der Waals surface area contributed by atoms with E-state index in [4.69, 9.17) is 4.74 Å². The van der Waals surface area contributed by atoms with Gasteiger partial charge in [-0.05, 0) is 25.0 Å². The van der Waals surface area contributed by atoms with E-state index in [-0.39, 0.29) is 43.1 Å². The molecule has 0 radical (unpaired) electrons. The van der Waals surface area contributed by atoms with Crippen LogP contribution in [0, 0.1) is 11.6 Å². The standard InChI is InChI=1S/C16H18F2N2O3/c17-11-2-1-3-12(18)15(11)16(8-23-9-16)20-14(22)7-5-10-4-6-13(21)19-10/h1-3,10H,4-9H2,(H,19,21)(H,20,22). The predicted molar refractivity (Wildman–Crippen MR) is 77.4 cm³/mol. The molecule has 124 valence electrons. The van der Waals surface area contributed by atoms with Crippen molar-refractivity contribution in [3.05, 3.63) is 35.4 Å². The maximum atomic E-state index is 14.0. The molecule has 2 aliphatic heterocycles. The highest BCUT2D eigenvalue weighted by Crippen LogP contribution is 2.33. The van der Waals surface area contributed by atoms with Crippen molar-refractivity contribution in [2.75, 3.05) is 13.2 Å². The fraction of sp³-hybridized carbons (Fsp3) is 0.500. The second kappa shape index (κ2) is 6.23. The molecule has 1 aromatic rings. The number of ether oxygens (including phenoxy) is 1. The van der Waals surface area contributed by atoms with Gasteiger partial charge in [0.05, 0.1) is 18.8 Å². The van der Waals surface area contributed by atoms with Gasteiger partial charge >= 0.3 is 0 Å². The summed E-state index contributed by atoms with van der Waals surface area (Å²) in [6.07, 6.45) is 1.88. The van der Waals surface area contributed by atoms with Crippen LogP contribution in [-0.2, 0) is 19.9 Å². The van der Waals surface area contributed by atoms with Gasteiger partial charge in [0.1, 0.15) is 17.2 Å². The molecule has 0 bridgehead atoms. The minimum atomic E-state index is -1.15. The van der Waals surface area contributed by atoms with Gasteiger partial charge in [0.25, 0.3) is 0 Å². The number of benzene rings is 1. The Hall–Kier alpha value is -2.02. The molecule has 2 N–H and O–H groups in total. The van der Waals surface area contributed by atoms with Gasteiger partial charge in [-0.3, -0.25) is 9.59 Å². The average Bonchev–Trinajstić information content (AvgIpc) is 2.87. The summed E-state index contributed by atoms with van der Waals surface area (Å²) in [6.45, 7) is 0.0769. The summed E-state index contributed by atoms with van der Waals surface area (Å²) in [5, 5.41) is 5.49. The van der Waals surface area contributed by atoms with Gasteiger partial charge in [0.2, 0.25) is 11.8 Å². The van der Waals surface area contributed by atoms with E-state index in [1.165, 1.54) is 18.2 Å². The molecule has 2 fully saturated rings. The van der Waals surface area contributed by atoms with E-state index in [0.717, 1.165) is 0 Å². The number of hydrogen-bond donors (Lipinski definition) is 2. The Labute approximate surface area is 132 Å². The number of nitrogens with one attached hydrogen (secondary N) is 2. The fourth-order valence-corrected chi connectivity index (χ4v) is 3.07. The summed E-state index contributed by atoms with van der Waals surface area (Å²) in [7, 11) is 0. The topological polar surface area (TPSA) is 67.4 Å². The lowest BCUT2D eigenvalue weighted by Crippen LogP contribution is -2.60. The van der Waals surface area contributed by atoms with Crippen molar-refractivity contribution in [2.24, 2.45) is 0 Å². The van der Waals surface area contributed by atoms with Crippen LogP contribution >= 0.6 is 0 Å². The Morgan fingerprint density at radius 3 is 2.57 bits per heavy atom. The van der Waals surface area contributed by atoms with E-state index in [2.05, 4.69) is 10.6 Å². The molecule has 2 heterocycles. The van der Waals surface area contributed by atoms with Gasteiger partial charge in [-0.25, -0.2) is 8.78 Å². The van der Waals surface area contributed by atoms with Gasteiger partial charge in [-0.15, -0.1) is 0 Å². The normalized spacial score (nSPS) is 22.3. The van der Waals surface area contributed by atoms with E-state index in [1.54, 1.807) is 0 Å². The first kappa shape index (κ1) is 15.9. The van der Waals surface area contributed by atoms with Crippen LogP contribution in [0.5, 0.6) is 0 Å². The Morgan fingerprint density at radius 2 is 2.04 bits per heavy atom. The summed E-state index contributed by atoms with van der Waals surface area (Å²) in [5.74, 6) is -1.71. The number of carbonyl (C=O) groups is 2.